The molecular formula is C18H20N2O6. The smallest absolute Gasteiger partial charge is 0.276 e. The van der Waals surface area contributed by atoms with Crippen molar-refractivity contribution in [3.63, 3.8) is 0 Å². The van der Waals surface area contributed by atoms with Crippen LogP contribution in [-0.4, -0.2) is 39.2 Å². The van der Waals surface area contributed by atoms with E-state index in [4.69, 9.17) is 18.9 Å². The Balaban J connectivity index is 1.68. The van der Waals surface area contributed by atoms with Crippen LogP contribution in [0.25, 0.3) is 0 Å². The molecule has 2 aromatic carbocycles. The van der Waals surface area contributed by atoms with Crippen LogP contribution in [0.2, 0.25) is 0 Å². The summed E-state index contributed by atoms with van der Waals surface area (Å²) in [5, 5.41) is 0. The van der Waals surface area contributed by atoms with Crippen molar-refractivity contribution >= 4 is 11.8 Å². The Morgan fingerprint density at radius 1 is 0.731 bits per heavy atom. The molecule has 0 saturated carbocycles. The standard InChI is InChI=1S/C18H20N2O6/c1-23-13-5-3-7-15(9-13)25-11-17(21)19-20-18(22)12-26-16-8-4-6-14(10-16)24-2/h3-10H,11-12H2,1-2H3,(H,19,21)(H,20,22). The summed E-state index contributed by atoms with van der Waals surface area (Å²) in [4.78, 5) is 23.4. The molecule has 138 valence electrons. The zero-order valence-corrected chi connectivity index (χ0v) is 14.5. The number of methoxy groups -OCH3 is 2. The second kappa shape index (κ2) is 9.77. The molecule has 0 atom stereocenters. The Hall–Kier alpha value is -3.42. The third-order valence-corrected chi connectivity index (χ3v) is 3.16. The van der Waals surface area contributed by atoms with Crippen LogP contribution in [0.4, 0.5) is 0 Å². The Labute approximate surface area is 151 Å². The van der Waals surface area contributed by atoms with Gasteiger partial charge in [0.15, 0.2) is 13.2 Å². The topological polar surface area (TPSA) is 95.1 Å². The lowest BCUT2D eigenvalue weighted by Gasteiger charge is -2.10. The number of nitrogens with one attached hydrogen (secondary N) is 2. The van der Waals surface area contributed by atoms with E-state index in [1.54, 1.807) is 48.5 Å². The zero-order chi connectivity index (χ0) is 18.8. The molecule has 2 aromatic rings. The van der Waals surface area contributed by atoms with Crippen molar-refractivity contribution in [3.05, 3.63) is 48.5 Å². The Kier molecular flexibility index (Phi) is 7.11. The Morgan fingerprint density at radius 3 is 1.50 bits per heavy atom. The molecule has 2 amide bonds. The van der Waals surface area contributed by atoms with Gasteiger partial charge in [0.05, 0.1) is 14.2 Å². The first-order chi connectivity index (χ1) is 12.6. The van der Waals surface area contributed by atoms with E-state index in [9.17, 15) is 9.59 Å². The van der Waals surface area contributed by atoms with Crippen molar-refractivity contribution in [2.45, 2.75) is 0 Å². The summed E-state index contributed by atoms with van der Waals surface area (Å²) in [7, 11) is 3.07. The highest BCUT2D eigenvalue weighted by molar-refractivity contribution is 5.83. The zero-order valence-electron chi connectivity index (χ0n) is 14.5. The summed E-state index contributed by atoms with van der Waals surface area (Å²) in [5.41, 5.74) is 4.48. The molecule has 2 rings (SSSR count). The fraction of sp³-hybridized carbons (Fsp3) is 0.222. The maximum atomic E-state index is 11.7. The van der Waals surface area contributed by atoms with Crippen LogP contribution in [0, 0.1) is 0 Å². The van der Waals surface area contributed by atoms with Gasteiger partial charge < -0.3 is 18.9 Å². The summed E-state index contributed by atoms with van der Waals surface area (Å²) in [5.74, 6) is 1.17. The molecule has 0 radical (unpaired) electrons. The molecule has 2 N–H and O–H groups in total. The Bertz CT molecular complexity index is 686. The number of hydrazine groups is 1. The number of carbonyl (C=O) groups is 2. The maximum Gasteiger partial charge on any atom is 0.276 e. The van der Waals surface area contributed by atoms with Crippen molar-refractivity contribution in [1.29, 1.82) is 0 Å². The molecule has 0 heterocycles. The van der Waals surface area contributed by atoms with Gasteiger partial charge in [-0.05, 0) is 24.3 Å². The minimum absolute atomic E-state index is 0.260. The largest absolute Gasteiger partial charge is 0.497 e. The van der Waals surface area contributed by atoms with E-state index in [2.05, 4.69) is 10.9 Å². The molecule has 0 aliphatic carbocycles. The normalized spacial score (nSPS) is 9.77. The average Bonchev–Trinajstić information content (AvgIpc) is 2.69. The van der Waals surface area contributed by atoms with Crippen molar-refractivity contribution < 1.29 is 28.5 Å². The van der Waals surface area contributed by atoms with E-state index in [-0.39, 0.29) is 13.2 Å². The number of amides is 2. The van der Waals surface area contributed by atoms with Crippen molar-refractivity contribution in [3.8, 4) is 23.0 Å². The highest BCUT2D eigenvalue weighted by atomic mass is 16.5. The van der Waals surface area contributed by atoms with Crippen molar-refractivity contribution in [2.24, 2.45) is 0 Å². The lowest BCUT2D eigenvalue weighted by Crippen LogP contribution is -2.45. The van der Waals surface area contributed by atoms with Gasteiger partial charge in [0, 0.05) is 12.1 Å². The molecule has 0 unspecified atom stereocenters. The van der Waals surface area contributed by atoms with Gasteiger partial charge in [-0.15, -0.1) is 0 Å². The first-order valence-electron chi connectivity index (χ1n) is 7.72. The molecule has 8 nitrogen and oxygen atoms in total. The molecule has 26 heavy (non-hydrogen) atoms. The monoisotopic (exact) mass is 360 g/mol. The quantitative estimate of drug-likeness (QED) is 0.689. The van der Waals surface area contributed by atoms with Gasteiger partial charge in [0.1, 0.15) is 23.0 Å². The van der Waals surface area contributed by atoms with Gasteiger partial charge in [0.25, 0.3) is 11.8 Å². The fourth-order valence-electron chi connectivity index (χ4n) is 1.89. The molecule has 0 aliphatic heterocycles. The van der Waals surface area contributed by atoms with Crippen molar-refractivity contribution in [1.82, 2.24) is 10.9 Å². The lowest BCUT2D eigenvalue weighted by molar-refractivity contribution is -0.131. The molecule has 0 aromatic heterocycles. The molecule has 0 fully saturated rings. The molecule has 0 saturated heterocycles. The SMILES string of the molecule is COc1cccc(OCC(=O)NNC(=O)COc2cccc(OC)c2)c1. The number of rotatable bonds is 8. The second-order valence-corrected chi connectivity index (χ2v) is 5.03. The average molecular weight is 360 g/mol. The number of benzene rings is 2. The van der Waals surface area contributed by atoms with Crippen LogP contribution < -0.4 is 29.8 Å². The van der Waals surface area contributed by atoms with E-state index in [1.807, 2.05) is 0 Å². The number of hydrogen-bond acceptors (Lipinski definition) is 6. The summed E-state index contributed by atoms with van der Waals surface area (Å²) in [6, 6.07) is 13.7. The van der Waals surface area contributed by atoms with Crippen molar-refractivity contribution in [2.75, 3.05) is 27.4 Å². The summed E-state index contributed by atoms with van der Waals surface area (Å²) < 4.78 is 20.7. The highest BCUT2D eigenvalue weighted by Gasteiger charge is 2.07. The minimum atomic E-state index is -0.512. The number of ether oxygens (including phenoxy) is 4. The fourth-order valence-corrected chi connectivity index (χ4v) is 1.89. The predicted molar refractivity (Wildman–Crippen MR) is 93.3 cm³/mol. The third kappa shape index (κ3) is 6.23. The Morgan fingerprint density at radius 2 is 1.12 bits per heavy atom. The van der Waals surface area contributed by atoms with Crippen LogP contribution in [0.15, 0.2) is 48.5 Å². The summed E-state index contributed by atoms with van der Waals surface area (Å²) in [6.45, 7) is -0.519. The van der Waals surface area contributed by atoms with Gasteiger partial charge in [0.2, 0.25) is 0 Å². The first kappa shape index (κ1) is 18.9. The molecule has 0 bridgehead atoms. The number of hydrogen-bond donors (Lipinski definition) is 2. The number of carbonyl (C=O) groups excluding carboxylic acids is 2. The van der Waals surface area contributed by atoms with E-state index in [0.717, 1.165) is 0 Å². The maximum absolute atomic E-state index is 11.7. The van der Waals surface area contributed by atoms with Crippen LogP contribution in [-0.2, 0) is 9.59 Å². The highest BCUT2D eigenvalue weighted by Crippen LogP contribution is 2.19. The van der Waals surface area contributed by atoms with E-state index >= 15 is 0 Å². The molecular weight excluding hydrogens is 340 g/mol. The van der Waals surface area contributed by atoms with Crippen LogP contribution in [0.5, 0.6) is 23.0 Å². The van der Waals surface area contributed by atoms with Crippen LogP contribution >= 0.6 is 0 Å². The second-order valence-electron chi connectivity index (χ2n) is 5.03. The first-order valence-corrected chi connectivity index (χ1v) is 7.72. The van der Waals surface area contributed by atoms with Gasteiger partial charge in [-0.25, -0.2) is 0 Å². The van der Waals surface area contributed by atoms with E-state index in [1.165, 1.54) is 14.2 Å². The molecule has 0 aliphatic rings. The van der Waals surface area contributed by atoms with Gasteiger partial charge in [-0.2, -0.15) is 0 Å². The summed E-state index contributed by atoms with van der Waals surface area (Å²) >= 11 is 0. The van der Waals surface area contributed by atoms with Gasteiger partial charge in [-0.1, -0.05) is 12.1 Å². The van der Waals surface area contributed by atoms with Gasteiger partial charge >= 0.3 is 0 Å². The molecule has 0 spiro atoms. The molecule has 8 heteroatoms. The summed E-state index contributed by atoms with van der Waals surface area (Å²) in [6.07, 6.45) is 0. The van der Waals surface area contributed by atoms with Crippen LogP contribution in [0.3, 0.4) is 0 Å². The third-order valence-electron chi connectivity index (χ3n) is 3.16. The van der Waals surface area contributed by atoms with E-state index < -0.39 is 11.8 Å². The predicted octanol–water partition coefficient (Wildman–Crippen LogP) is 1.31. The van der Waals surface area contributed by atoms with E-state index in [0.29, 0.717) is 23.0 Å². The lowest BCUT2D eigenvalue weighted by atomic mass is 10.3. The van der Waals surface area contributed by atoms with Crippen LogP contribution in [0.1, 0.15) is 0 Å². The van der Waals surface area contributed by atoms with Gasteiger partial charge in [-0.3, -0.25) is 20.4 Å². The minimum Gasteiger partial charge on any atom is -0.497 e.